The Kier molecular flexibility index (Phi) is 6.03. The zero-order valence-electron chi connectivity index (χ0n) is 12.1. The molecule has 0 saturated heterocycles. The first-order valence-corrected chi connectivity index (χ1v) is 6.57. The van der Waals surface area contributed by atoms with Crippen LogP contribution in [0.1, 0.15) is 25.8 Å². The highest BCUT2D eigenvalue weighted by Crippen LogP contribution is 2.15. The summed E-state index contributed by atoms with van der Waals surface area (Å²) < 4.78 is 5.20. The van der Waals surface area contributed by atoms with E-state index in [2.05, 4.69) is 0 Å². The minimum absolute atomic E-state index is 0.0420. The summed E-state index contributed by atoms with van der Waals surface area (Å²) >= 11 is 0. The molecule has 20 heavy (non-hydrogen) atoms. The number of benzene rings is 1. The molecule has 1 rings (SSSR count). The summed E-state index contributed by atoms with van der Waals surface area (Å²) in [6, 6.07) is 8.98. The van der Waals surface area contributed by atoms with Gasteiger partial charge in [0.25, 0.3) is 0 Å². The lowest BCUT2D eigenvalue weighted by Gasteiger charge is -2.29. The van der Waals surface area contributed by atoms with Gasteiger partial charge in [0.2, 0.25) is 0 Å². The van der Waals surface area contributed by atoms with Crippen molar-refractivity contribution in [1.82, 2.24) is 4.90 Å². The van der Waals surface area contributed by atoms with Crippen LogP contribution in [-0.4, -0.2) is 35.2 Å². The summed E-state index contributed by atoms with van der Waals surface area (Å²) in [5.74, 6) is -0.883. The van der Waals surface area contributed by atoms with Gasteiger partial charge in [-0.3, -0.25) is 4.79 Å². The van der Waals surface area contributed by atoms with Crippen LogP contribution in [0.5, 0.6) is 0 Å². The van der Waals surface area contributed by atoms with Gasteiger partial charge >= 0.3 is 12.1 Å². The number of nitrogens with zero attached hydrogens (tertiary/aromatic N) is 1. The van der Waals surface area contributed by atoms with Crippen molar-refractivity contribution in [3.63, 3.8) is 0 Å². The molecule has 0 aliphatic rings. The second-order valence-electron chi connectivity index (χ2n) is 5.06. The Hall–Kier alpha value is -2.04. The van der Waals surface area contributed by atoms with Crippen molar-refractivity contribution in [2.75, 3.05) is 7.05 Å². The van der Waals surface area contributed by atoms with Crippen LogP contribution in [0, 0.1) is 5.92 Å². The largest absolute Gasteiger partial charge is 0.481 e. The number of ether oxygens (including phenoxy) is 1. The average Bonchev–Trinajstić information content (AvgIpc) is 2.42. The molecule has 1 atom stereocenters. The second kappa shape index (κ2) is 7.53. The van der Waals surface area contributed by atoms with Crippen molar-refractivity contribution in [3.05, 3.63) is 35.9 Å². The summed E-state index contributed by atoms with van der Waals surface area (Å²) in [7, 11) is 1.57. The molecule has 0 saturated carbocycles. The molecule has 110 valence electrons. The minimum Gasteiger partial charge on any atom is -0.481 e. The van der Waals surface area contributed by atoms with Crippen LogP contribution in [0.25, 0.3) is 0 Å². The monoisotopic (exact) mass is 279 g/mol. The predicted molar refractivity (Wildman–Crippen MR) is 75.3 cm³/mol. The number of carboxylic acid groups (broad SMARTS) is 1. The Balaban J connectivity index is 2.58. The molecule has 1 N–H and O–H groups in total. The molecule has 0 bridgehead atoms. The molecule has 0 spiro atoms. The van der Waals surface area contributed by atoms with E-state index in [1.807, 2.05) is 44.2 Å². The van der Waals surface area contributed by atoms with Crippen molar-refractivity contribution >= 4 is 12.1 Å². The normalized spacial score (nSPS) is 12.0. The first-order chi connectivity index (χ1) is 9.41. The molecule has 0 unspecified atom stereocenters. The van der Waals surface area contributed by atoms with E-state index in [0.29, 0.717) is 0 Å². The number of carboxylic acids is 1. The van der Waals surface area contributed by atoms with Crippen LogP contribution in [-0.2, 0) is 16.1 Å². The van der Waals surface area contributed by atoms with E-state index in [4.69, 9.17) is 9.84 Å². The zero-order valence-corrected chi connectivity index (χ0v) is 12.1. The van der Waals surface area contributed by atoms with Gasteiger partial charge in [0.15, 0.2) is 0 Å². The molecule has 1 aromatic rings. The number of hydrogen-bond donors (Lipinski definition) is 1. The molecular weight excluding hydrogens is 258 g/mol. The molecule has 1 amide bonds. The first kappa shape index (κ1) is 16.0. The molecule has 5 heteroatoms. The topological polar surface area (TPSA) is 66.8 Å². The fourth-order valence-electron chi connectivity index (χ4n) is 1.96. The molecule has 0 heterocycles. The van der Waals surface area contributed by atoms with Gasteiger partial charge in [-0.25, -0.2) is 4.79 Å². The number of aliphatic carboxylic acids is 1. The molecule has 0 fully saturated rings. The highest BCUT2D eigenvalue weighted by molar-refractivity contribution is 5.71. The Morgan fingerprint density at radius 1 is 1.25 bits per heavy atom. The van der Waals surface area contributed by atoms with Crippen LogP contribution < -0.4 is 0 Å². The van der Waals surface area contributed by atoms with Crippen molar-refractivity contribution in [3.8, 4) is 0 Å². The lowest BCUT2D eigenvalue weighted by molar-refractivity contribution is -0.138. The van der Waals surface area contributed by atoms with Gasteiger partial charge in [-0.1, -0.05) is 44.2 Å². The van der Waals surface area contributed by atoms with E-state index in [-0.39, 0.29) is 25.0 Å². The lowest BCUT2D eigenvalue weighted by Crippen LogP contribution is -2.42. The van der Waals surface area contributed by atoms with Gasteiger partial charge in [0, 0.05) is 13.1 Å². The standard InChI is InChI=1S/C15H21NO4/c1-11(2)13(9-14(17)18)16(3)15(19)20-10-12-7-5-4-6-8-12/h4-8,11,13H,9-10H2,1-3H3,(H,17,18)/t13-/m0/s1. The second-order valence-corrected chi connectivity index (χ2v) is 5.06. The smallest absolute Gasteiger partial charge is 0.410 e. The summed E-state index contributed by atoms with van der Waals surface area (Å²) in [5.41, 5.74) is 0.897. The first-order valence-electron chi connectivity index (χ1n) is 6.57. The maximum Gasteiger partial charge on any atom is 0.410 e. The third kappa shape index (κ3) is 4.91. The summed E-state index contributed by atoms with van der Waals surface area (Å²) in [6.45, 7) is 3.95. The summed E-state index contributed by atoms with van der Waals surface area (Å²) in [4.78, 5) is 24.2. The van der Waals surface area contributed by atoms with E-state index in [9.17, 15) is 9.59 Å². The van der Waals surface area contributed by atoms with Gasteiger partial charge < -0.3 is 14.7 Å². The van der Waals surface area contributed by atoms with Gasteiger partial charge in [-0.15, -0.1) is 0 Å². The van der Waals surface area contributed by atoms with Gasteiger partial charge in [-0.2, -0.15) is 0 Å². The molecule has 1 aromatic carbocycles. The Morgan fingerprint density at radius 2 is 1.85 bits per heavy atom. The van der Waals surface area contributed by atoms with E-state index in [1.165, 1.54) is 4.90 Å². The fraction of sp³-hybridized carbons (Fsp3) is 0.467. The fourth-order valence-corrected chi connectivity index (χ4v) is 1.96. The van der Waals surface area contributed by atoms with E-state index < -0.39 is 12.1 Å². The lowest BCUT2D eigenvalue weighted by atomic mass is 10.00. The van der Waals surface area contributed by atoms with Crippen molar-refractivity contribution in [2.45, 2.75) is 32.9 Å². The number of rotatable bonds is 6. The Labute approximate surface area is 119 Å². The highest BCUT2D eigenvalue weighted by atomic mass is 16.6. The van der Waals surface area contributed by atoms with Crippen LogP contribution in [0.15, 0.2) is 30.3 Å². The van der Waals surface area contributed by atoms with Crippen LogP contribution >= 0.6 is 0 Å². The quantitative estimate of drug-likeness (QED) is 0.869. The molecule has 0 aliphatic carbocycles. The van der Waals surface area contributed by atoms with E-state index in [0.717, 1.165) is 5.56 Å². The van der Waals surface area contributed by atoms with Crippen LogP contribution in [0.3, 0.4) is 0 Å². The summed E-state index contributed by atoms with van der Waals surface area (Å²) in [6.07, 6.45) is -0.594. The maximum atomic E-state index is 12.0. The molecule has 0 radical (unpaired) electrons. The maximum absolute atomic E-state index is 12.0. The number of carbonyl (C=O) groups is 2. The molecule has 0 aromatic heterocycles. The number of hydrogen-bond acceptors (Lipinski definition) is 3. The third-order valence-electron chi connectivity index (χ3n) is 3.14. The molecule has 5 nitrogen and oxygen atoms in total. The van der Waals surface area contributed by atoms with E-state index in [1.54, 1.807) is 7.05 Å². The SMILES string of the molecule is CC(C)[C@H](CC(=O)O)N(C)C(=O)OCc1ccccc1. The predicted octanol–water partition coefficient (Wildman–Crippen LogP) is 2.75. The Morgan fingerprint density at radius 3 is 2.35 bits per heavy atom. The Bertz CT molecular complexity index is 444. The van der Waals surface area contributed by atoms with Gasteiger partial charge in [-0.05, 0) is 11.5 Å². The minimum atomic E-state index is -0.925. The zero-order chi connectivity index (χ0) is 15.1. The summed E-state index contributed by atoms with van der Waals surface area (Å²) in [5, 5.41) is 8.89. The van der Waals surface area contributed by atoms with Crippen LogP contribution in [0.4, 0.5) is 4.79 Å². The van der Waals surface area contributed by atoms with Crippen molar-refractivity contribution in [2.24, 2.45) is 5.92 Å². The average molecular weight is 279 g/mol. The molecule has 0 aliphatic heterocycles. The third-order valence-corrected chi connectivity index (χ3v) is 3.14. The van der Waals surface area contributed by atoms with E-state index >= 15 is 0 Å². The number of amides is 1. The van der Waals surface area contributed by atoms with Crippen LogP contribution in [0.2, 0.25) is 0 Å². The number of carbonyl (C=O) groups excluding carboxylic acids is 1. The highest BCUT2D eigenvalue weighted by Gasteiger charge is 2.26. The molecular formula is C15H21NO4. The van der Waals surface area contributed by atoms with Gasteiger partial charge in [0.1, 0.15) is 6.61 Å². The van der Waals surface area contributed by atoms with Crippen molar-refractivity contribution < 1.29 is 19.4 Å². The van der Waals surface area contributed by atoms with Gasteiger partial charge in [0.05, 0.1) is 6.42 Å². The van der Waals surface area contributed by atoms with Crippen molar-refractivity contribution in [1.29, 1.82) is 0 Å².